The van der Waals surface area contributed by atoms with Crippen LogP contribution in [0.25, 0.3) is 0 Å². The van der Waals surface area contributed by atoms with E-state index in [1.807, 2.05) is 0 Å². The largest absolute Gasteiger partial charge is 0.382 e. The molecule has 84 valence electrons. The third kappa shape index (κ3) is 5.54. The Balaban J connectivity index is 1.72. The molecule has 0 aliphatic carbocycles. The normalized spacial score (nSPS) is 25.3. The molecule has 0 aromatic heterocycles. The second-order valence-corrected chi connectivity index (χ2v) is 3.75. The third-order valence-corrected chi connectivity index (χ3v) is 2.05. The van der Waals surface area contributed by atoms with Gasteiger partial charge in [0.1, 0.15) is 5.60 Å². The molecule has 0 N–H and O–H groups in total. The number of epoxide rings is 1. The molecule has 1 atom stereocenters. The van der Waals surface area contributed by atoms with Crippen molar-refractivity contribution in [1.82, 2.24) is 0 Å². The molecule has 1 aliphatic rings. The zero-order valence-corrected chi connectivity index (χ0v) is 9.08. The lowest BCUT2D eigenvalue weighted by atomic mass is 10.2. The summed E-state index contributed by atoms with van der Waals surface area (Å²) in [6, 6.07) is 0. The molecule has 0 spiro atoms. The second kappa shape index (κ2) is 6.35. The van der Waals surface area contributed by atoms with Gasteiger partial charge in [-0.05, 0) is 13.3 Å². The molecule has 0 saturated carbocycles. The van der Waals surface area contributed by atoms with Crippen LogP contribution in [-0.2, 0) is 18.9 Å². The van der Waals surface area contributed by atoms with Crippen molar-refractivity contribution >= 4 is 0 Å². The predicted octanol–water partition coefficient (Wildman–Crippen LogP) is 0.845. The zero-order chi connectivity index (χ0) is 10.3. The number of rotatable bonds is 9. The van der Waals surface area contributed by atoms with E-state index in [1.54, 1.807) is 7.11 Å². The molecule has 0 radical (unpaired) electrons. The molecule has 1 rings (SSSR count). The average Bonchev–Trinajstić information content (AvgIpc) is 2.89. The van der Waals surface area contributed by atoms with Gasteiger partial charge in [0.2, 0.25) is 0 Å². The molecule has 4 nitrogen and oxygen atoms in total. The minimum absolute atomic E-state index is 0.0108. The van der Waals surface area contributed by atoms with Gasteiger partial charge in [-0.15, -0.1) is 0 Å². The van der Waals surface area contributed by atoms with Crippen LogP contribution in [-0.4, -0.2) is 52.4 Å². The van der Waals surface area contributed by atoms with E-state index in [2.05, 4.69) is 6.92 Å². The van der Waals surface area contributed by atoms with Gasteiger partial charge >= 0.3 is 0 Å². The van der Waals surface area contributed by atoms with Crippen molar-refractivity contribution in [2.75, 3.05) is 46.8 Å². The summed E-state index contributed by atoms with van der Waals surface area (Å²) in [5.74, 6) is 0. The topological polar surface area (TPSA) is 40.2 Å². The summed E-state index contributed by atoms with van der Waals surface area (Å²) in [6.07, 6.45) is 0.930. The summed E-state index contributed by atoms with van der Waals surface area (Å²) in [6.45, 7) is 6.39. The molecule has 0 bridgehead atoms. The summed E-state index contributed by atoms with van der Waals surface area (Å²) >= 11 is 0. The summed E-state index contributed by atoms with van der Waals surface area (Å²) in [4.78, 5) is 0. The average molecular weight is 204 g/mol. The quantitative estimate of drug-likeness (QED) is 0.412. The lowest BCUT2D eigenvalue weighted by Gasteiger charge is -2.07. The van der Waals surface area contributed by atoms with Gasteiger partial charge in [-0.1, -0.05) is 0 Å². The fourth-order valence-electron chi connectivity index (χ4n) is 1.00. The Labute approximate surface area is 85.5 Å². The van der Waals surface area contributed by atoms with Crippen molar-refractivity contribution in [1.29, 1.82) is 0 Å². The molecular formula is C10H20O4. The summed E-state index contributed by atoms with van der Waals surface area (Å²) < 4.78 is 20.7. The van der Waals surface area contributed by atoms with Crippen LogP contribution in [0.2, 0.25) is 0 Å². The molecular weight excluding hydrogens is 184 g/mol. The first-order valence-electron chi connectivity index (χ1n) is 5.05. The first kappa shape index (κ1) is 11.9. The minimum Gasteiger partial charge on any atom is -0.382 e. The van der Waals surface area contributed by atoms with E-state index in [9.17, 15) is 0 Å². The van der Waals surface area contributed by atoms with Crippen LogP contribution < -0.4 is 0 Å². The van der Waals surface area contributed by atoms with E-state index in [1.165, 1.54) is 0 Å². The van der Waals surface area contributed by atoms with E-state index in [0.29, 0.717) is 19.8 Å². The van der Waals surface area contributed by atoms with Crippen molar-refractivity contribution < 1.29 is 18.9 Å². The predicted molar refractivity (Wildman–Crippen MR) is 52.5 cm³/mol. The fourth-order valence-corrected chi connectivity index (χ4v) is 1.00. The first-order chi connectivity index (χ1) is 6.77. The van der Waals surface area contributed by atoms with Crippen molar-refractivity contribution in [3.8, 4) is 0 Å². The van der Waals surface area contributed by atoms with Crippen molar-refractivity contribution in [3.05, 3.63) is 0 Å². The SMILES string of the molecule is COCCOCCCOCC1(C)CO1. The molecule has 1 aliphatic heterocycles. The van der Waals surface area contributed by atoms with Gasteiger partial charge in [-0.3, -0.25) is 0 Å². The number of ether oxygens (including phenoxy) is 4. The number of hydrogen-bond donors (Lipinski definition) is 0. The van der Waals surface area contributed by atoms with Crippen molar-refractivity contribution in [2.45, 2.75) is 18.9 Å². The minimum atomic E-state index is 0.0108. The highest BCUT2D eigenvalue weighted by molar-refractivity contribution is 4.86. The maximum atomic E-state index is 5.43. The summed E-state index contributed by atoms with van der Waals surface area (Å²) in [5.41, 5.74) is 0.0108. The molecule has 1 unspecified atom stereocenters. The zero-order valence-electron chi connectivity index (χ0n) is 9.08. The lowest BCUT2D eigenvalue weighted by Crippen LogP contribution is -2.15. The molecule has 0 aromatic carbocycles. The molecule has 0 aromatic rings. The summed E-state index contributed by atoms with van der Waals surface area (Å²) in [7, 11) is 1.67. The van der Waals surface area contributed by atoms with E-state index < -0.39 is 0 Å². The van der Waals surface area contributed by atoms with E-state index in [-0.39, 0.29) is 5.60 Å². The molecule has 1 heterocycles. The van der Waals surface area contributed by atoms with Crippen LogP contribution in [0.1, 0.15) is 13.3 Å². The van der Waals surface area contributed by atoms with Gasteiger partial charge in [0.25, 0.3) is 0 Å². The maximum absolute atomic E-state index is 5.43. The van der Waals surface area contributed by atoms with Crippen LogP contribution in [0.5, 0.6) is 0 Å². The monoisotopic (exact) mass is 204 g/mol. The molecule has 1 fully saturated rings. The molecule has 4 heteroatoms. The van der Waals surface area contributed by atoms with Gasteiger partial charge in [0.15, 0.2) is 0 Å². The number of methoxy groups -OCH3 is 1. The van der Waals surface area contributed by atoms with Crippen LogP contribution in [0.15, 0.2) is 0 Å². The number of hydrogen-bond acceptors (Lipinski definition) is 4. The van der Waals surface area contributed by atoms with Crippen LogP contribution >= 0.6 is 0 Å². The Morgan fingerprint density at radius 2 is 1.86 bits per heavy atom. The molecule has 0 amide bonds. The van der Waals surface area contributed by atoms with Crippen LogP contribution in [0.3, 0.4) is 0 Å². The Kier molecular flexibility index (Phi) is 5.40. The van der Waals surface area contributed by atoms with Gasteiger partial charge in [0, 0.05) is 20.3 Å². The highest BCUT2D eigenvalue weighted by Gasteiger charge is 2.39. The molecule has 1 saturated heterocycles. The van der Waals surface area contributed by atoms with Gasteiger partial charge in [0.05, 0.1) is 26.4 Å². The third-order valence-electron chi connectivity index (χ3n) is 2.05. The standard InChI is InChI=1S/C10H20O4/c1-10(9-14-10)8-13-5-3-4-12-7-6-11-2/h3-9H2,1-2H3. The van der Waals surface area contributed by atoms with Crippen LogP contribution in [0.4, 0.5) is 0 Å². The van der Waals surface area contributed by atoms with E-state index in [4.69, 9.17) is 18.9 Å². The smallest absolute Gasteiger partial charge is 0.112 e. The van der Waals surface area contributed by atoms with Crippen molar-refractivity contribution in [3.63, 3.8) is 0 Å². The van der Waals surface area contributed by atoms with Crippen LogP contribution in [0, 0.1) is 0 Å². The summed E-state index contributed by atoms with van der Waals surface area (Å²) in [5, 5.41) is 0. The Morgan fingerprint density at radius 3 is 2.50 bits per heavy atom. The maximum Gasteiger partial charge on any atom is 0.112 e. The lowest BCUT2D eigenvalue weighted by molar-refractivity contribution is 0.0410. The second-order valence-electron chi connectivity index (χ2n) is 3.75. The van der Waals surface area contributed by atoms with Gasteiger partial charge < -0.3 is 18.9 Å². The Bertz CT molecular complexity index is 145. The first-order valence-corrected chi connectivity index (χ1v) is 5.05. The highest BCUT2D eigenvalue weighted by atomic mass is 16.6. The van der Waals surface area contributed by atoms with E-state index >= 15 is 0 Å². The Morgan fingerprint density at radius 1 is 1.14 bits per heavy atom. The highest BCUT2D eigenvalue weighted by Crippen LogP contribution is 2.25. The van der Waals surface area contributed by atoms with Gasteiger partial charge in [-0.2, -0.15) is 0 Å². The van der Waals surface area contributed by atoms with E-state index in [0.717, 1.165) is 26.2 Å². The van der Waals surface area contributed by atoms with Crippen molar-refractivity contribution in [2.24, 2.45) is 0 Å². The fraction of sp³-hybridized carbons (Fsp3) is 1.00. The molecule has 14 heavy (non-hydrogen) atoms. The Hall–Kier alpha value is -0.160. The van der Waals surface area contributed by atoms with Gasteiger partial charge in [-0.25, -0.2) is 0 Å².